The lowest BCUT2D eigenvalue weighted by atomic mass is 9.79. The van der Waals surface area contributed by atoms with Crippen LogP contribution in [-0.4, -0.2) is 39.6 Å². The van der Waals surface area contributed by atoms with Crippen LogP contribution in [0.3, 0.4) is 0 Å². The minimum absolute atomic E-state index is 0.0453. The highest BCUT2D eigenvalue weighted by atomic mass is 16.5. The highest BCUT2D eigenvalue weighted by Gasteiger charge is 2.38. The molecule has 0 radical (unpaired) electrons. The number of aromatic hydroxyl groups is 2. The van der Waals surface area contributed by atoms with Crippen LogP contribution in [0.15, 0.2) is 24.3 Å². The molecule has 0 bridgehead atoms. The van der Waals surface area contributed by atoms with Crippen LogP contribution in [0.5, 0.6) is 11.5 Å². The Bertz CT molecular complexity index is 899. The molecule has 24 heavy (non-hydrogen) atoms. The van der Waals surface area contributed by atoms with Crippen molar-refractivity contribution in [3.63, 3.8) is 0 Å². The Balaban J connectivity index is 2.01. The first kappa shape index (κ1) is 14.9. The Morgan fingerprint density at radius 2 is 1.50 bits per heavy atom. The van der Waals surface area contributed by atoms with E-state index in [1.54, 1.807) is 12.1 Å². The van der Waals surface area contributed by atoms with Gasteiger partial charge in [-0.05, 0) is 0 Å². The number of phenols is 2. The number of hydrogen-bond donors (Lipinski definition) is 3. The number of ether oxygens (including phenoxy) is 1. The monoisotopic (exact) mass is 326 g/mol. The molecule has 6 heteroatoms. The first-order valence-corrected chi connectivity index (χ1v) is 7.55. The van der Waals surface area contributed by atoms with Gasteiger partial charge in [0.2, 0.25) is 0 Å². The Kier molecular flexibility index (Phi) is 3.19. The molecular weight excluding hydrogens is 312 g/mol. The standard InChI is InChI=1S/C18H14O6/c19-6-8-5-11-12(7-24-8)18(23)14-13(17(11)22)15(20)9-3-1-2-4-10(9)16(14)21/h1-4,8,19,22-23H,5-7H2/t8-/m0/s1. The van der Waals surface area contributed by atoms with Gasteiger partial charge < -0.3 is 20.1 Å². The van der Waals surface area contributed by atoms with Gasteiger partial charge in [0.25, 0.3) is 0 Å². The second-order valence-electron chi connectivity index (χ2n) is 5.93. The maximum Gasteiger partial charge on any atom is 0.198 e. The van der Waals surface area contributed by atoms with Gasteiger partial charge in [-0.25, -0.2) is 0 Å². The van der Waals surface area contributed by atoms with E-state index >= 15 is 0 Å². The normalized spacial score (nSPS) is 18.8. The number of hydrogen-bond acceptors (Lipinski definition) is 6. The maximum absolute atomic E-state index is 12.8. The van der Waals surface area contributed by atoms with Crippen molar-refractivity contribution in [3.05, 3.63) is 57.6 Å². The minimum Gasteiger partial charge on any atom is -0.507 e. The zero-order valence-corrected chi connectivity index (χ0v) is 12.6. The topological polar surface area (TPSA) is 104 Å². The zero-order chi connectivity index (χ0) is 17.0. The lowest BCUT2D eigenvalue weighted by Crippen LogP contribution is -2.28. The molecule has 0 aromatic heterocycles. The van der Waals surface area contributed by atoms with Crippen molar-refractivity contribution in [2.45, 2.75) is 19.1 Å². The Labute approximate surface area is 136 Å². The molecular formula is C18H14O6. The molecule has 1 aliphatic carbocycles. The average molecular weight is 326 g/mol. The summed E-state index contributed by atoms with van der Waals surface area (Å²) in [5.41, 5.74) is 0.688. The molecule has 3 N–H and O–H groups in total. The van der Waals surface area contributed by atoms with Crippen LogP contribution in [0.25, 0.3) is 0 Å². The molecule has 2 aliphatic rings. The summed E-state index contributed by atoms with van der Waals surface area (Å²) in [6.07, 6.45) is -0.371. The van der Waals surface area contributed by atoms with Crippen molar-refractivity contribution < 1.29 is 29.6 Å². The van der Waals surface area contributed by atoms with Crippen LogP contribution < -0.4 is 0 Å². The first-order valence-electron chi connectivity index (χ1n) is 7.55. The van der Waals surface area contributed by atoms with Gasteiger partial charge in [0, 0.05) is 28.7 Å². The van der Waals surface area contributed by atoms with E-state index in [0.717, 1.165) is 0 Å². The van der Waals surface area contributed by atoms with E-state index in [1.165, 1.54) is 12.1 Å². The fraction of sp³-hybridized carbons (Fsp3) is 0.222. The van der Waals surface area contributed by atoms with E-state index in [2.05, 4.69) is 0 Å². The van der Waals surface area contributed by atoms with Crippen molar-refractivity contribution in [2.75, 3.05) is 6.61 Å². The number of rotatable bonds is 1. The third-order valence-corrected chi connectivity index (χ3v) is 4.63. The van der Waals surface area contributed by atoms with Crippen molar-refractivity contribution >= 4 is 11.6 Å². The summed E-state index contributed by atoms with van der Waals surface area (Å²) in [6.45, 7) is -0.289. The highest BCUT2D eigenvalue weighted by Crippen LogP contribution is 2.45. The van der Waals surface area contributed by atoms with Crippen LogP contribution in [0, 0.1) is 0 Å². The minimum atomic E-state index is -0.525. The molecule has 2 aromatic rings. The van der Waals surface area contributed by atoms with E-state index < -0.39 is 17.7 Å². The van der Waals surface area contributed by atoms with E-state index in [4.69, 9.17) is 4.74 Å². The van der Waals surface area contributed by atoms with Crippen LogP contribution in [0.4, 0.5) is 0 Å². The second-order valence-corrected chi connectivity index (χ2v) is 5.93. The molecule has 0 fully saturated rings. The van der Waals surface area contributed by atoms with Crippen LogP contribution in [-0.2, 0) is 17.8 Å². The Hall–Kier alpha value is -2.70. The average Bonchev–Trinajstić information content (AvgIpc) is 2.62. The maximum atomic E-state index is 12.8. The molecule has 122 valence electrons. The summed E-state index contributed by atoms with van der Waals surface area (Å²) in [7, 11) is 0. The van der Waals surface area contributed by atoms with Gasteiger partial charge in [0.15, 0.2) is 11.6 Å². The molecule has 2 aromatic carbocycles. The zero-order valence-electron chi connectivity index (χ0n) is 12.6. The molecule has 1 aliphatic heterocycles. The highest BCUT2D eigenvalue weighted by molar-refractivity contribution is 6.30. The number of carbonyl (C=O) groups excluding carboxylic acids is 2. The molecule has 0 saturated heterocycles. The van der Waals surface area contributed by atoms with E-state index in [-0.39, 0.29) is 59.0 Å². The quantitative estimate of drug-likeness (QED) is 0.583. The molecule has 6 nitrogen and oxygen atoms in total. The van der Waals surface area contributed by atoms with Gasteiger partial charge in [-0.3, -0.25) is 9.59 Å². The van der Waals surface area contributed by atoms with Crippen LogP contribution >= 0.6 is 0 Å². The summed E-state index contributed by atoms with van der Waals surface area (Å²) in [5.74, 6) is -1.64. The lowest BCUT2D eigenvalue weighted by molar-refractivity contribution is -0.00857. The number of aliphatic hydroxyl groups excluding tert-OH is 1. The number of fused-ring (bicyclic) bond motifs is 3. The summed E-state index contributed by atoms with van der Waals surface area (Å²) in [6, 6.07) is 6.32. The van der Waals surface area contributed by atoms with E-state index in [0.29, 0.717) is 5.56 Å². The Morgan fingerprint density at radius 3 is 2.04 bits per heavy atom. The van der Waals surface area contributed by atoms with E-state index in [9.17, 15) is 24.9 Å². The predicted molar refractivity (Wildman–Crippen MR) is 82.4 cm³/mol. The van der Waals surface area contributed by atoms with E-state index in [1.807, 2.05) is 0 Å². The van der Waals surface area contributed by atoms with Crippen molar-refractivity contribution in [3.8, 4) is 11.5 Å². The summed E-state index contributed by atoms with van der Waals surface area (Å²) >= 11 is 0. The molecule has 4 rings (SSSR count). The fourth-order valence-electron chi connectivity index (χ4n) is 3.40. The van der Waals surface area contributed by atoms with Crippen molar-refractivity contribution in [1.29, 1.82) is 0 Å². The smallest absolute Gasteiger partial charge is 0.198 e. The molecule has 0 amide bonds. The summed E-state index contributed by atoms with van der Waals surface area (Å²) < 4.78 is 5.39. The third kappa shape index (κ3) is 1.84. The van der Waals surface area contributed by atoms with Crippen LogP contribution in [0.1, 0.15) is 43.0 Å². The first-order chi connectivity index (χ1) is 11.5. The van der Waals surface area contributed by atoms with Crippen molar-refractivity contribution in [1.82, 2.24) is 0 Å². The van der Waals surface area contributed by atoms with Crippen molar-refractivity contribution in [2.24, 2.45) is 0 Å². The summed E-state index contributed by atoms with van der Waals surface area (Å²) in [5, 5.41) is 30.4. The molecule has 0 unspecified atom stereocenters. The number of benzene rings is 2. The largest absolute Gasteiger partial charge is 0.507 e. The third-order valence-electron chi connectivity index (χ3n) is 4.63. The predicted octanol–water partition coefficient (Wildman–Crippen LogP) is 1.31. The van der Waals surface area contributed by atoms with Gasteiger partial charge >= 0.3 is 0 Å². The molecule has 1 heterocycles. The van der Waals surface area contributed by atoms with Gasteiger partial charge in [0.05, 0.1) is 30.4 Å². The van der Waals surface area contributed by atoms with Gasteiger partial charge in [-0.15, -0.1) is 0 Å². The van der Waals surface area contributed by atoms with Gasteiger partial charge in [-0.2, -0.15) is 0 Å². The summed E-state index contributed by atoms with van der Waals surface area (Å²) in [4.78, 5) is 25.5. The Morgan fingerprint density at radius 1 is 0.958 bits per heavy atom. The molecule has 0 spiro atoms. The number of ketones is 2. The number of phenolic OH excluding ortho intramolecular Hbond substituents is 2. The molecule has 1 atom stereocenters. The van der Waals surface area contributed by atoms with Gasteiger partial charge in [-0.1, -0.05) is 24.3 Å². The number of carbonyl (C=O) groups is 2. The fourth-order valence-corrected chi connectivity index (χ4v) is 3.40. The number of aliphatic hydroxyl groups is 1. The lowest BCUT2D eigenvalue weighted by Gasteiger charge is -2.29. The van der Waals surface area contributed by atoms with Gasteiger partial charge in [0.1, 0.15) is 11.5 Å². The second kappa shape index (κ2) is 5.15. The van der Waals surface area contributed by atoms with Crippen LogP contribution in [0.2, 0.25) is 0 Å². The molecule has 0 saturated carbocycles. The SMILES string of the molecule is O=C1c2ccccc2C(=O)c2c(O)c3c(c(O)c21)CO[C@H](CO)C3.